The molecular weight excluding hydrogens is 178 g/mol. The molecule has 3 nitrogen and oxygen atoms in total. The van der Waals surface area contributed by atoms with E-state index < -0.39 is 0 Å². The minimum Gasteiger partial charge on any atom is -0.465 e. The Balaban J connectivity index is 3.44. The van der Waals surface area contributed by atoms with Crippen molar-refractivity contribution < 1.29 is 9.53 Å². The number of carbonyl (C=O) groups excluding carboxylic acids is 1. The summed E-state index contributed by atoms with van der Waals surface area (Å²) < 4.78 is 5.14. The summed E-state index contributed by atoms with van der Waals surface area (Å²) in [5.41, 5.74) is 0. The first-order chi connectivity index (χ1) is 6.59. The monoisotopic (exact) mass is 201 g/mol. The molecule has 0 aliphatic rings. The average Bonchev–Trinajstić information content (AvgIpc) is 2.16. The second kappa shape index (κ2) is 7.80. The Morgan fingerprint density at radius 1 is 1.29 bits per heavy atom. The molecule has 0 amide bonds. The molecule has 3 heteroatoms. The molecule has 1 atom stereocenters. The molecule has 1 unspecified atom stereocenters. The predicted molar refractivity (Wildman–Crippen MR) is 58.1 cm³/mol. The Hall–Kier alpha value is -0.570. The molecule has 0 aromatic heterocycles. The maximum Gasteiger partial charge on any atom is 0.308 e. The van der Waals surface area contributed by atoms with Crippen LogP contribution in [0.4, 0.5) is 0 Å². The zero-order valence-corrected chi connectivity index (χ0v) is 9.80. The van der Waals surface area contributed by atoms with E-state index in [-0.39, 0.29) is 11.9 Å². The van der Waals surface area contributed by atoms with E-state index in [1.54, 1.807) is 0 Å². The highest BCUT2D eigenvalue weighted by Crippen LogP contribution is 2.11. The van der Waals surface area contributed by atoms with Gasteiger partial charge in [-0.15, -0.1) is 0 Å². The van der Waals surface area contributed by atoms with Gasteiger partial charge >= 0.3 is 5.97 Å². The van der Waals surface area contributed by atoms with E-state index in [0.717, 1.165) is 19.4 Å². The number of unbranched alkanes of at least 4 members (excludes halogenated alkanes) is 1. The number of carbonyl (C=O) groups is 1. The van der Waals surface area contributed by atoms with Crippen LogP contribution in [0.2, 0.25) is 0 Å². The van der Waals surface area contributed by atoms with Crippen LogP contribution in [0.25, 0.3) is 0 Å². The van der Waals surface area contributed by atoms with E-state index in [1.165, 1.54) is 0 Å². The molecule has 0 spiro atoms. The molecule has 0 heterocycles. The van der Waals surface area contributed by atoms with Gasteiger partial charge in [0.15, 0.2) is 0 Å². The molecule has 0 saturated carbocycles. The van der Waals surface area contributed by atoms with Gasteiger partial charge in [-0.25, -0.2) is 0 Å². The van der Waals surface area contributed by atoms with E-state index in [9.17, 15) is 4.79 Å². The van der Waals surface area contributed by atoms with E-state index >= 15 is 0 Å². The van der Waals surface area contributed by atoms with Gasteiger partial charge in [0.2, 0.25) is 0 Å². The van der Waals surface area contributed by atoms with Gasteiger partial charge in [0.25, 0.3) is 0 Å². The summed E-state index contributed by atoms with van der Waals surface area (Å²) >= 11 is 0. The quantitative estimate of drug-likeness (QED) is 0.504. The van der Waals surface area contributed by atoms with Crippen LogP contribution in [-0.2, 0) is 9.53 Å². The fourth-order valence-electron chi connectivity index (χ4n) is 0.980. The van der Waals surface area contributed by atoms with Crippen LogP contribution in [0.15, 0.2) is 0 Å². The van der Waals surface area contributed by atoms with Gasteiger partial charge in [-0.3, -0.25) is 4.79 Å². The normalized spacial score (nSPS) is 12.9. The average molecular weight is 201 g/mol. The lowest BCUT2D eigenvalue weighted by Crippen LogP contribution is -2.20. The van der Waals surface area contributed by atoms with Crippen LogP contribution in [0.1, 0.15) is 33.6 Å². The van der Waals surface area contributed by atoms with Crippen LogP contribution in [0.5, 0.6) is 0 Å². The van der Waals surface area contributed by atoms with Crippen molar-refractivity contribution in [1.82, 2.24) is 5.32 Å². The van der Waals surface area contributed by atoms with Crippen molar-refractivity contribution in [1.29, 1.82) is 0 Å². The van der Waals surface area contributed by atoms with Crippen molar-refractivity contribution in [2.24, 2.45) is 11.8 Å². The lowest BCUT2D eigenvalue weighted by Gasteiger charge is -2.14. The summed E-state index contributed by atoms with van der Waals surface area (Å²) in [5, 5.41) is 3.06. The van der Waals surface area contributed by atoms with Gasteiger partial charge in [-0.1, -0.05) is 20.8 Å². The molecule has 0 bridgehead atoms. The topological polar surface area (TPSA) is 38.3 Å². The van der Waals surface area contributed by atoms with Gasteiger partial charge < -0.3 is 10.1 Å². The third-order valence-electron chi connectivity index (χ3n) is 2.44. The number of nitrogens with one attached hydrogen (secondary N) is 1. The first-order valence-corrected chi connectivity index (χ1v) is 5.40. The van der Waals surface area contributed by atoms with Crippen molar-refractivity contribution in [2.45, 2.75) is 33.6 Å². The van der Waals surface area contributed by atoms with Crippen LogP contribution >= 0.6 is 0 Å². The minimum atomic E-state index is -0.0653. The Kier molecular flexibility index (Phi) is 7.48. The van der Waals surface area contributed by atoms with Crippen molar-refractivity contribution >= 4 is 5.97 Å². The zero-order valence-electron chi connectivity index (χ0n) is 9.80. The van der Waals surface area contributed by atoms with Crippen molar-refractivity contribution in [3.8, 4) is 0 Å². The molecule has 14 heavy (non-hydrogen) atoms. The van der Waals surface area contributed by atoms with E-state index in [4.69, 9.17) is 4.74 Å². The molecule has 0 radical (unpaired) electrons. The fraction of sp³-hybridized carbons (Fsp3) is 0.909. The third kappa shape index (κ3) is 5.97. The minimum absolute atomic E-state index is 0.0132. The summed E-state index contributed by atoms with van der Waals surface area (Å²) in [5.74, 6) is 0.309. The molecule has 0 aromatic carbocycles. The largest absolute Gasteiger partial charge is 0.465 e. The summed E-state index contributed by atoms with van der Waals surface area (Å²) in [7, 11) is 1.92. The summed E-state index contributed by atoms with van der Waals surface area (Å²) in [6.07, 6.45) is 2.00. The molecule has 84 valence electrons. The molecule has 0 saturated heterocycles. The first kappa shape index (κ1) is 13.4. The molecule has 0 aliphatic carbocycles. The predicted octanol–water partition coefficient (Wildman–Crippen LogP) is 1.82. The Bertz CT molecular complexity index is 157. The second-order valence-corrected chi connectivity index (χ2v) is 4.01. The third-order valence-corrected chi connectivity index (χ3v) is 2.44. The lowest BCUT2D eigenvalue weighted by atomic mass is 9.99. The number of esters is 1. The van der Waals surface area contributed by atoms with Crippen molar-refractivity contribution in [3.63, 3.8) is 0 Å². The summed E-state index contributed by atoms with van der Waals surface area (Å²) in [6.45, 7) is 7.52. The van der Waals surface area contributed by atoms with Crippen molar-refractivity contribution in [2.75, 3.05) is 20.2 Å². The number of hydrogen-bond donors (Lipinski definition) is 1. The maximum absolute atomic E-state index is 11.4. The fourth-order valence-corrected chi connectivity index (χ4v) is 0.980. The van der Waals surface area contributed by atoms with Gasteiger partial charge in [0.1, 0.15) is 0 Å². The van der Waals surface area contributed by atoms with E-state index in [1.807, 2.05) is 27.8 Å². The Labute approximate surface area is 87.2 Å². The molecule has 0 aliphatic heterocycles. The molecule has 0 aromatic rings. The first-order valence-electron chi connectivity index (χ1n) is 5.40. The van der Waals surface area contributed by atoms with Crippen LogP contribution in [0, 0.1) is 11.8 Å². The SMILES string of the molecule is CNCCCCOC(=O)C(C)C(C)C. The number of hydrogen-bond acceptors (Lipinski definition) is 3. The maximum atomic E-state index is 11.4. The highest BCUT2D eigenvalue weighted by molar-refractivity contribution is 5.72. The molecule has 1 N–H and O–H groups in total. The highest BCUT2D eigenvalue weighted by Gasteiger charge is 2.17. The van der Waals surface area contributed by atoms with Crippen LogP contribution < -0.4 is 5.32 Å². The van der Waals surface area contributed by atoms with Crippen molar-refractivity contribution in [3.05, 3.63) is 0 Å². The number of rotatable bonds is 7. The Morgan fingerprint density at radius 2 is 1.93 bits per heavy atom. The number of ether oxygens (including phenoxy) is 1. The van der Waals surface area contributed by atoms with E-state index in [0.29, 0.717) is 12.5 Å². The standard InChI is InChI=1S/C11H23NO2/c1-9(2)10(3)11(13)14-8-6-5-7-12-4/h9-10,12H,5-8H2,1-4H3. The molecular formula is C11H23NO2. The molecule has 0 fully saturated rings. The molecule has 0 rings (SSSR count). The van der Waals surface area contributed by atoms with Crippen LogP contribution in [-0.4, -0.2) is 26.2 Å². The van der Waals surface area contributed by atoms with Gasteiger partial charge in [-0.2, -0.15) is 0 Å². The summed E-state index contributed by atoms with van der Waals surface area (Å²) in [6, 6.07) is 0. The van der Waals surface area contributed by atoms with Gasteiger partial charge in [-0.05, 0) is 32.4 Å². The van der Waals surface area contributed by atoms with Gasteiger partial charge in [0.05, 0.1) is 12.5 Å². The summed E-state index contributed by atoms with van der Waals surface area (Å²) in [4.78, 5) is 11.4. The van der Waals surface area contributed by atoms with Crippen LogP contribution in [0.3, 0.4) is 0 Å². The lowest BCUT2D eigenvalue weighted by molar-refractivity contribution is -0.149. The zero-order chi connectivity index (χ0) is 11.0. The van der Waals surface area contributed by atoms with Gasteiger partial charge in [0, 0.05) is 0 Å². The Morgan fingerprint density at radius 3 is 2.43 bits per heavy atom. The smallest absolute Gasteiger partial charge is 0.308 e. The second-order valence-electron chi connectivity index (χ2n) is 4.01. The highest BCUT2D eigenvalue weighted by atomic mass is 16.5. The van der Waals surface area contributed by atoms with E-state index in [2.05, 4.69) is 5.32 Å².